The number of carbonyl (C=O) groups excluding carboxylic acids is 1. The van der Waals surface area contributed by atoms with Gasteiger partial charge in [-0.2, -0.15) is 0 Å². The topological polar surface area (TPSA) is 76.1 Å². The van der Waals surface area contributed by atoms with E-state index < -0.39 is 29.5 Å². The zero-order chi connectivity index (χ0) is 15.9. The van der Waals surface area contributed by atoms with Gasteiger partial charge in [0.1, 0.15) is 11.5 Å². The van der Waals surface area contributed by atoms with Crippen LogP contribution in [0, 0.1) is 11.8 Å². The molecule has 0 aromatic heterocycles. The Balaban J connectivity index is 1.92. The molecule has 3 rings (SSSR count). The number of aliphatic carboxylic acids is 1. The van der Waals surface area contributed by atoms with Crippen molar-refractivity contribution in [1.29, 1.82) is 0 Å². The van der Waals surface area contributed by atoms with Gasteiger partial charge in [-0.05, 0) is 12.8 Å². The number of fused-ring (bicyclic) bond motifs is 1. The monoisotopic (exact) mass is 307 g/mol. The molecule has 0 saturated carbocycles. The summed E-state index contributed by atoms with van der Waals surface area (Å²) in [6, 6.07) is -0.190. The Labute approximate surface area is 129 Å². The van der Waals surface area contributed by atoms with E-state index in [0.717, 1.165) is 0 Å². The van der Waals surface area contributed by atoms with Crippen LogP contribution in [0.1, 0.15) is 12.8 Å². The van der Waals surface area contributed by atoms with E-state index >= 15 is 0 Å². The Morgan fingerprint density at radius 3 is 3.05 bits per heavy atom. The zero-order valence-corrected chi connectivity index (χ0v) is 12.6. The first-order valence-corrected chi connectivity index (χ1v) is 7.57. The maximum Gasteiger partial charge on any atom is 0.310 e. The molecule has 3 aliphatic heterocycles. The van der Waals surface area contributed by atoms with Crippen LogP contribution in [0.2, 0.25) is 0 Å². The SMILES string of the molecule is C=CC[C@H]1N(CCCOC)C(=O)[C@H]2[C@@H](C(=O)O)[C@H]3C=C[C@@]21O3. The summed E-state index contributed by atoms with van der Waals surface area (Å²) >= 11 is 0. The molecule has 5 atom stereocenters. The molecule has 0 unspecified atom stereocenters. The van der Waals surface area contributed by atoms with Crippen molar-refractivity contribution in [3.63, 3.8) is 0 Å². The molecule has 6 nitrogen and oxygen atoms in total. The lowest BCUT2D eigenvalue weighted by molar-refractivity contribution is -0.148. The second-order valence-corrected chi connectivity index (χ2v) is 6.05. The van der Waals surface area contributed by atoms with E-state index in [1.807, 2.05) is 6.08 Å². The van der Waals surface area contributed by atoms with Gasteiger partial charge in [-0.15, -0.1) is 6.58 Å². The minimum Gasteiger partial charge on any atom is -0.481 e. The van der Waals surface area contributed by atoms with Crippen molar-refractivity contribution in [3.8, 4) is 0 Å². The number of ether oxygens (including phenoxy) is 2. The zero-order valence-electron chi connectivity index (χ0n) is 12.6. The smallest absolute Gasteiger partial charge is 0.310 e. The normalized spacial score (nSPS) is 38.6. The maximum atomic E-state index is 12.8. The second-order valence-electron chi connectivity index (χ2n) is 6.05. The number of hydrogen-bond acceptors (Lipinski definition) is 4. The van der Waals surface area contributed by atoms with Crippen LogP contribution in [0.15, 0.2) is 24.8 Å². The van der Waals surface area contributed by atoms with Gasteiger partial charge >= 0.3 is 5.97 Å². The highest BCUT2D eigenvalue weighted by atomic mass is 16.5. The van der Waals surface area contributed by atoms with E-state index in [4.69, 9.17) is 9.47 Å². The molecule has 0 aromatic rings. The lowest BCUT2D eigenvalue weighted by Crippen LogP contribution is -2.45. The van der Waals surface area contributed by atoms with Crippen LogP contribution in [-0.2, 0) is 19.1 Å². The average Bonchev–Trinajstić information content (AvgIpc) is 3.11. The van der Waals surface area contributed by atoms with Crippen LogP contribution in [-0.4, -0.2) is 59.9 Å². The predicted molar refractivity (Wildman–Crippen MR) is 78.2 cm³/mol. The minimum atomic E-state index is -0.967. The quantitative estimate of drug-likeness (QED) is 0.557. The summed E-state index contributed by atoms with van der Waals surface area (Å²) in [4.78, 5) is 26.2. The van der Waals surface area contributed by atoms with Gasteiger partial charge in [0.25, 0.3) is 0 Å². The highest BCUT2D eigenvalue weighted by Crippen LogP contribution is 2.55. The van der Waals surface area contributed by atoms with Gasteiger partial charge in [0, 0.05) is 20.3 Å². The number of rotatable bonds is 7. The van der Waals surface area contributed by atoms with Crippen molar-refractivity contribution in [2.24, 2.45) is 11.8 Å². The van der Waals surface area contributed by atoms with E-state index in [0.29, 0.717) is 26.0 Å². The Bertz CT molecular complexity index is 531. The van der Waals surface area contributed by atoms with Crippen LogP contribution >= 0.6 is 0 Å². The van der Waals surface area contributed by atoms with Crippen LogP contribution < -0.4 is 0 Å². The van der Waals surface area contributed by atoms with Crippen molar-refractivity contribution in [3.05, 3.63) is 24.8 Å². The predicted octanol–water partition coefficient (Wildman–Crippen LogP) is 0.834. The fraction of sp³-hybridized carbons (Fsp3) is 0.625. The summed E-state index contributed by atoms with van der Waals surface area (Å²) < 4.78 is 11.0. The molecule has 1 amide bonds. The summed E-state index contributed by atoms with van der Waals surface area (Å²) in [6.45, 7) is 4.87. The summed E-state index contributed by atoms with van der Waals surface area (Å²) in [5.74, 6) is -2.52. The number of likely N-dealkylation sites (tertiary alicyclic amines) is 1. The highest BCUT2D eigenvalue weighted by Gasteiger charge is 2.70. The number of methoxy groups -OCH3 is 1. The van der Waals surface area contributed by atoms with Crippen LogP contribution in [0.5, 0.6) is 0 Å². The molecule has 0 radical (unpaired) electrons. The summed E-state index contributed by atoms with van der Waals surface area (Å²) in [5.41, 5.74) is -0.813. The molecule has 1 spiro atoms. The summed E-state index contributed by atoms with van der Waals surface area (Å²) in [5, 5.41) is 9.49. The average molecular weight is 307 g/mol. The van der Waals surface area contributed by atoms with Crippen LogP contribution in [0.3, 0.4) is 0 Å². The van der Waals surface area contributed by atoms with E-state index in [9.17, 15) is 14.7 Å². The molecule has 3 heterocycles. The van der Waals surface area contributed by atoms with E-state index in [1.165, 1.54) is 0 Å². The number of carboxylic acid groups (broad SMARTS) is 1. The molecule has 22 heavy (non-hydrogen) atoms. The number of amides is 1. The van der Waals surface area contributed by atoms with Gasteiger partial charge in [0.15, 0.2) is 0 Å². The molecule has 2 bridgehead atoms. The minimum absolute atomic E-state index is 0.123. The van der Waals surface area contributed by atoms with Gasteiger partial charge < -0.3 is 19.5 Å². The number of carboxylic acids is 1. The Hall–Kier alpha value is -1.66. The third-order valence-corrected chi connectivity index (χ3v) is 4.95. The molecular formula is C16H21NO5. The van der Waals surface area contributed by atoms with Crippen LogP contribution in [0.4, 0.5) is 0 Å². The number of hydrogen-bond donors (Lipinski definition) is 1. The van der Waals surface area contributed by atoms with Crippen molar-refractivity contribution >= 4 is 11.9 Å². The standard InChI is InChI=1S/C16H21NO5/c1-3-5-11-16-7-6-10(22-16)12(15(19)20)13(16)14(18)17(11)8-4-9-21-2/h3,6-7,10-13H,1,4-5,8-9H2,2H3,(H,19,20)/t10-,11-,12+,13-,16+/m1/s1. The fourth-order valence-electron chi connectivity index (χ4n) is 4.12. The Morgan fingerprint density at radius 2 is 2.41 bits per heavy atom. The number of carbonyl (C=O) groups is 2. The molecule has 1 N–H and O–H groups in total. The van der Waals surface area contributed by atoms with E-state index in [-0.39, 0.29) is 11.9 Å². The Kier molecular flexibility index (Phi) is 3.82. The van der Waals surface area contributed by atoms with Crippen molar-refractivity contribution in [2.75, 3.05) is 20.3 Å². The third-order valence-electron chi connectivity index (χ3n) is 4.95. The van der Waals surface area contributed by atoms with Crippen LogP contribution in [0.25, 0.3) is 0 Å². The summed E-state index contributed by atoms with van der Waals surface area (Å²) in [6.07, 6.45) is 6.24. The van der Waals surface area contributed by atoms with Crippen molar-refractivity contribution < 1.29 is 24.2 Å². The van der Waals surface area contributed by atoms with Gasteiger partial charge in [0.05, 0.1) is 18.1 Å². The Morgan fingerprint density at radius 1 is 1.64 bits per heavy atom. The number of nitrogens with zero attached hydrogens (tertiary/aromatic N) is 1. The molecule has 3 aliphatic rings. The first-order valence-electron chi connectivity index (χ1n) is 7.57. The van der Waals surface area contributed by atoms with E-state index in [2.05, 4.69) is 6.58 Å². The van der Waals surface area contributed by atoms with Gasteiger partial charge in [0.2, 0.25) is 5.91 Å². The molecule has 6 heteroatoms. The molecule has 2 fully saturated rings. The largest absolute Gasteiger partial charge is 0.481 e. The molecule has 120 valence electrons. The molecule has 2 saturated heterocycles. The fourth-order valence-corrected chi connectivity index (χ4v) is 4.12. The molecule has 0 aromatic carbocycles. The van der Waals surface area contributed by atoms with Gasteiger partial charge in [-0.3, -0.25) is 9.59 Å². The van der Waals surface area contributed by atoms with Crippen molar-refractivity contribution in [1.82, 2.24) is 4.90 Å². The lowest BCUT2D eigenvalue weighted by atomic mass is 9.74. The second kappa shape index (κ2) is 5.52. The third kappa shape index (κ3) is 1.94. The highest BCUT2D eigenvalue weighted by molar-refractivity contribution is 5.91. The maximum absolute atomic E-state index is 12.8. The molecular weight excluding hydrogens is 286 g/mol. The first kappa shape index (κ1) is 15.2. The van der Waals surface area contributed by atoms with Gasteiger partial charge in [-0.25, -0.2) is 0 Å². The first-order chi connectivity index (χ1) is 10.6. The van der Waals surface area contributed by atoms with Crippen molar-refractivity contribution in [2.45, 2.75) is 30.6 Å². The summed E-state index contributed by atoms with van der Waals surface area (Å²) in [7, 11) is 1.62. The lowest BCUT2D eigenvalue weighted by Gasteiger charge is -2.32. The molecule has 0 aliphatic carbocycles. The van der Waals surface area contributed by atoms with Gasteiger partial charge in [-0.1, -0.05) is 18.2 Å². The van der Waals surface area contributed by atoms with E-state index in [1.54, 1.807) is 24.2 Å².